The molecule has 0 unspecified atom stereocenters. The highest BCUT2D eigenvalue weighted by Gasteiger charge is 2.22. The third kappa shape index (κ3) is 4.67. The summed E-state index contributed by atoms with van der Waals surface area (Å²) in [6.07, 6.45) is 2.32. The highest BCUT2D eigenvalue weighted by Crippen LogP contribution is 2.18. The predicted molar refractivity (Wildman–Crippen MR) is 82.9 cm³/mol. The molecule has 0 radical (unpaired) electrons. The number of guanidine groups is 1. The van der Waals surface area contributed by atoms with Gasteiger partial charge in [0.2, 0.25) is 0 Å². The van der Waals surface area contributed by atoms with Gasteiger partial charge >= 0.3 is 0 Å². The molecule has 102 valence electrons. The molecule has 0 aromatic heterocycles. The molecule has 1 aliphatic rings. The smallest absolute Gasteiger partial charge is 0.191 e. The average Bonchev–Trinajstić information content (AvgIpc) is 3.19. The summed E-state index contributed by atoms with van der Waals surface area (Å²) in [5, 5.41) is 14.9. The van der Waals surface area contributed by atoms with E-state index in [0.717, 1.165) is 12.8 Å². The molecule has 1 aromatic carbocycles. The van der Waals surface area contributed by atoms with Gasteiger partial charge in [-0.25, -0.2) is 4.39 Å². The molecule has 1 fully saturated rings. The van der Waals surface area contributed by atoms with Gasteiger partial charge in [0.05, 0.1) is 11.6 Å². The second-order valence-electron chi connectivity index (χ2n) is 4.26. The summed E-state index contributed by atoms with van der Waals surface area (Å²) in [5.41, 5.74) is 0.851. The van der Waals surface area contributed by atoms with Crippen molar-refractivity contribution in [1.29, 1.82) is 5.26 Å². The number of nitrogens with one attached hydrogen (secondary N) is 2. The Labute approximate surface area is 129 Å². The second-order valence-corrected chi connectivity index (χ2v) is 4.26. The Morgan fingerprint density at radius 2 is 2.26 bits per heavy atom. The van der Waals surface area contributed by atoms with Gasteiger partial charge in [-0.2, -0.15) is 5.26 Å². The maximum absolute atomic E-state index is 13.6. The van der Waals surface area contributed by atoms with Crippen molar-refractivity contribution in [3.05, 3.63) is 35.1 Å². The molecule has 6 heteroatoms. The van der Waals surface area contributed by atoms with Gasteiger partial charge in [-0.15, -0.1) is 24.0 Å². The van der Waals surface area contributed by atoms with Crippen LogP contribution >= 0.6 is 24.0 Å². The van der Waals surface area contributed by atoms with E-state index in [1.54, 1.807) is 19.2 Å². The standard InChI is InChI=1S/C13H15FN4.HI/c1-16-13(18-11-4-5-11)17-8-10-3-2-9(7-15)6-12(10)14;/h2-3,6,11H,4-5,8H2,1H3,(H2,16,17,18);1H. The van der Waals surface area contributed by atoms with Crippen molar-refractivity contribution in [1.82, 2.24) is 10.6 Å². The van der Waals surface area contributed by atoms with E-state index in [-0.39, 0.29) is 29.8 Å². The quantitative estimate of drug-likeness (QED) is 0.484. The first-order chi connectivity index (χ1) is 8.72. The first-order valence-electron chi connectivity index (χ1n) is 5.88. The Kier molecular flexibility index (Phi) is 6.02. The van der Waals surface area contributed by atoms with E-state index in [9.17, 15) is 4.39 Å². The number of aliphatic imine (C=N–C) groups is 1. The van der Waals surface area contributed by atoms with Crippen LogP contribution in [-0.2, 0) is 6.54 Å². The highest BCUT2D eigenvalue weighted by molar-refractivity contribution is 14.0. The van der Waals surface area contributed by atoms with Gasteiger partial charge in [0, 0.05) is 25.2 Å². The third-order valence-corrected chi connectivity index (χ3v) is 2.77. The maximum atomic E-state index is 13.6. The molecule has 2 rings (SSSR count). The predicted octanol–water partition coefficient (Wildman–Crippen LogP) is 2.14. The Morgan fingerprint density at radius 1 is 1.53 bits per heavy atom. The number of benzene rings is 1. The van der Waals surface area contributed by atoms with Gasteiger partial charge < -0.3 is 10.6 Å². The summed E-state index contributed by atoms with van der Waals surface area (Å²) in [6.45, 7) is 0.351. The minimum absolute atomic E-state index is 0. The zero-order chi connectivity index (χ0) is 13.0. The van der Waals surface area contributed by atoms with E-state index >= 15 is 0 Å². The number of halogens is 2. The molecule has 0 atom stereocenters. The summed E-state index contributed by atoms with van der Waals surface area (Å²) in [6, 6.07) is 6.88. The second kappa shape index (κ2) is 7.28. The van der Waals surface area contributed by atoms with Crippen LogP contribution in [0.5, 0.6) is 0 Å². The SMILES string of the molecule is CN=C(NCc1ccc(C#N)cc1F)NC1CC1.I. The molecule has 19 heavy (non-hydrogen) atoms. The zero-order valence-electron chi connectivity index (χ0n) is 10.6. The van der Waals surface area contributed by atoms with Crippen molar-refractivity contribution >= 4 is 29.9 Å². The fraction of sp³-hybridized carbons (Fsp3) is 0.385. The zero-order valence-corrected chi connectivity index (χ0v) is 12.9. The van der Waals surface area contributed by atoms with Crippen molar-refractivity contribution in [3.8, 4) is 6.07 Å². The average molecular weight is 374 g/mol. The molecule has 0 bridgehead atoms. The van der Waals surface area contributed by atoms with Crippen LogP contribution in [0.25, 0.3) is 0 Å². The lowest BCUT2D eigenvalue weighted by Crippen LogP contribution is -2.38. The van der Waals surface area contributed by atoms with Crippen LogP contribution in [0, 0.1) is 17.1 Å². The third-order valence-electron chi connectivity index (χ3n) is 2.77. The molecule has 0 amide bonds. The van der Waals surface area contributed by atoms with Crippen molar-refractivity contribution in [2.75, 3.05) is 7.05 Å². The van der Waals surface area contributed by atoms with Crippen LogP contribution in [-0.4, -0.2) is 19.0 Å². The van der Waals surface area contributed by atoms with Gasteiger partial charge in [-0.3, -0.25) is 4.99 Å². The van der Waals surface area contributed by atoms with E-state index in [1.165, 1.54) is 6.07 Å². The van der Waals surface area contributed by atoms with Crippen LogP contribution in [0.15, 0.2) is 23.2 Å². The van der Waals surface area contributed by atoms with E-state index in [2.05, 4.69) is 15.6 Å². The molecule has 0 aliphatic heterocycles. The van der Waals surface area contributed by atoms with Crippen LogP contribution < -0.4 is 10.6 Å². The molecule has 0 heterocycles. The van der Waals surface area contributed by atoms with Crippen LogP contribution in [0.2, 0.25) is 0 Å². The summed E-state index contributed by atoms with van der Waals surface area (Å²) in [4.78, 5) is 4.07. The van der Waals surface area contributed by atoms with Crippen LogP contribution in [0.1, 0.15) is 24.0 Å². The summed E-state index contributed by atoms with van der Waals surface area (Å²) < 4.78 is 13.6. The van der Waals surface area contributed by atoms with Gasteiger partial charge in [-0.05, 0) is 25.0 Å². The first-order valence-corrected chi connectivity index (χ1v) is 5.88. The normalized spacial score (nSPS) is 14.3. The molecule has 1 aliphatic carbocycles. The fourth-order valence-corrected chi connectivity index (χ4v) is 1.55. The first kappa shape index (κ1) is 15.7. The molecule has 1 aromatic rings. The lowest BCUT2D eigenvalue weighted by Gasteiger charge is -2.11. The number of rotatable bonds is 3. The Balaban J connectivity index is 0.00000180. The monoisotopic (exact) mass is 374 g/mol. The number of nitriles is 1. The van der Waals surface area contributed by atoms with Crippen molar-refractivity contribution in [2.24, 2.45) is 4.99 Å². The van der Waals surface area contributed by atoms with Crippen molar-refractivity contribution in [2.45, 2.75) is 25.4 Å². The van der Waals surface area contributed by atoms with Gasteiger partial charge in [0.1, 0.15) is 5.82 Å². The van der Waals surface area contributed by atoms with E-state index in [1.807, 2.05) is 6.07 Å². The minimum atomic E-state index is -0.372. The molecule has 2 N–H and O–H groups in total. The Bertz CT molecular complexity index is 506. The van der Waals surface area contributed by atoms with Crippen molar-refractivity contribution < 1.29 is 4.39 Å². The van der Waals surface area contributed by atoms with Crippen LogP contribution in [0.4, 0.5) is 4.39 Å². The molecule has 4 nitrogen and oxygen atoms in total. The number of hydrogen-bond acceptors (Lipinski definition) is 2. The molecule has 1 saturated carbocycles. The van der Waals surface area contributed by atoms with Gasteiger partial charge in [0.25, 0.3) is 0 Å². The lowest BCUT2D eigenvalue weighted by atomic mass is 10.1. The Morgan fingerprint density at radius 3 is 2.79 bits per heavy atom. The number of hydrogen-bond donors (Lipinski definition) is 2. The topological polar surface area (TPSA) is 60.2 Å². The number of nitrogens with zero attached hydrogens (tertiary/aromatic N) is 2. The Hall–Kier alpha value is -1.36. The molecule has 0 spiro atoms. The summed E-state index contributed by atoms with van der Waals surface area (Å²) in [7, 11) is 1.69. The lowest BCUT2D eigenvalue weighted by molar-refractivity contribution is 0.604. The van der Waals surface area contributed by atoms with E-state index < -0.39 is 0 Å². The molecule has 0 saturated heterocycles. The van der Waals surface area contributed by atoms with E-state index in [4.69, 9.17) is 5.26 Å². The largest absolute Gasteiger partial charge is 0.354 e. The van der Waals surface area contributed by atoms with Gasteiger partial charge in [0.15, 0.2) is 5.96 Å². The summed E-state index contributed by atoms with van der Waals surface area (Å²) >= 11 is 0. The molecular weight excluding hydrogens is 358 g/mol. The van der Waals surface area contributed by atoms with Crippen LogP contribution in [0.3, 0.4) is 0 Å². The van der Waals surface area contributed by atoms with E-state index in [0.29, 0.717) is 29.7 Å². The molecular formula is C13H16FIN4. The minimum Gasteiger partial charge on any atom is -0.354 e. The maximum Gasteiger partial charge on any atom is 0.191 e. The fourth-order valence-electron chi connectivity index (χ4n) is 1.55. The summed E-state index contributed by atoms with van der Waals surface area (Å²) in [5.74, 6) is 0.310. The van der Waals surface area contributed by atoms with Crippen molar-refractivity contribution in [3.63, 3.8) is 0 Å². The van der Waals surface area contributed by atoms with Gasteiger partial charge in [-0.1, -0.05) is 6.07 Å². The highest BCUT2D eigenvalue weighted by atomic mass is 127.